The van der Waals surface area contributed by atoms with E-state index in [4.69, 9.17) is 5.73 Å². The molecular formula is C12H16N2O2. The van der Waals surface area contributed by atoms with E-state index in [2.05, 4.69) is 5.32 Å². The summed E-state index contributed by atoms with van der Waals surface area (Å²) in [5, 5.41) is 2.73. The molecule has 0 aliphatic heterocycles. The van der Waals surface area contributed by atoms with Crippen LogP contribution in [0, 0.1) is 5.92 Å². The average Bonchev–Trinajstić information content (AvgIpc) is 2.28. The van der Waals surface area contributed by atoms with Crippen molar-refractivity contribution in [3.05, 3.63) is 29.8 Å². The maximum Gasteiger partial charge on any atom is 0.228 e. The van der Waals surface area contributed by atoms with E-state index in [1.165, 1.54) is 6.92 Å². The van der Waals surface area contributed by atoms with Crippen molar-refractivity contribution in [3.8, 4) is 0 Å². The van der Waals surface area contributed by atoms with E-state index >= 15 is 0 Å². The fraction of sp³-hybridized carbons (Fsp3) is 0.333. The Morgan fingerprint density at radius 2 is 1.88 bits per heavy atom. The Morgan fingerprint density at radius 3 is 2.31 bits per heavy atom. The first-order chi connectivity index (χ1) is 7.54. The predicted octanol–water partition coefficient (Wildman–Crippen LogP) is 1.42. The standard InChI is InChI=1S/C12H16N2O2/c1-8(7-13)12(16)14-11-5-3-10(4-6-11)9(2)15/h3-6,8H,7,13H2,1-2H3,(H,14,16). The highest BCUT2D eigenvalue weighted by Gasteiger charge is 2.10. The van der Waals surface area contributed by atoms with Crippen LogP contribution in [0.1, 0.15) is 24.2 Å². The van der Waals surface area contributed by atoms with Crippen molar-refractivity contribution < 1.29 is 9.59 Å². The van der Waals surface area contributed by atoms with E-state index < -0.39 is 0 Å². The summed E-state index contributed by atoms with van der Waals surface area (Å²) < 4.78 is 0. The van der Waals surface area contributed by atoms with Crippen LogP contribution in [-0.2, 0) is 4.79 Å². The van der Waals surface area contributed by atoms with Crippen LogP contribution < -0.4 is 11.1 Å². The van der Waals surface area contributed by atoms with Crippen LogP contribution in [0.3, 0.4) is 0 Å². The van der Waals surface area contributed by atoms with E-state index in [9.17, 15) is 9.59 Å². The quantitative estimate of drug-likeness (QED) is 0.754. The number of ketones is 1. The van der Waals surface area contributed by atoms with Crippen LogP contribution in [-0.4, -0.2) is 18.2 Å². The molecule has 1 amide bonds. The van der Waals surface area contributed by atoms with E-state index in [1.54, 1.807) is 31.2 Å². The molecule has 86 valence electrons. The lowest BCUT2D eigenvalue weighted by Gasteiger charge is -2.09. The zero-order valence-corrected chi connectivity index (χ0v) is 9.49. The van der Waals surface area contributed by atoms with E-state index in [-0.39, 0.29) is 17.6 Å². The van der Waals surface area contributed by atoms with Crippen molar-refractivity contribution in [2.45, 2.75) is 13.8 Å². The second kappa shape index (κ2) is 5.42. The lowest BCUT2D eigenvalue weighted by atomic mass is 10.1. The van der Waals surface area contributed by atoms with Crippen LogP contribution >= 0.6 is 0 Å². The lowest BCUT2D eigenvalue weighted by Crippen LogP contribution is -2.26. The summed E-state index contributed by atoms with van der Waals surface area (Å²) in [5.41, 5.74) is 6.69. The van der Waals surface area contributed by atoms with Crippen molar-refractivity contribution >= 4 is 17.4 Å². The van der Waals surface area contributed by atoms with Gasteiger partial charge in [0, 0.05) is 23.7 Å². The van der Waals surface area contributed by atoms with Gasteiger partial charge in [0.05, 0.1) is 0 Å². The molecule has 0 radical (unpaired) electrons. The Kier molecular flexibility index (Phi) is 4.19. The predicted molar refractivity (Wildman–Crippen MR) is 63.3 cm³/mol. The zero-order valence-electron chi connectivity index (χ0n) is 9.49. The smallest absolute Gasteiger partial charge is 0.228 e. The number of nitrogens with one attached hydrogen (secondary N) is 1. The van der Waals surface area contributed by atoms with Crippen molar-refractivity contribution in [3.63, 3.8) is 0 Å². The van der Waals surface area contributed by atoms with E-state index in [1.807, 2.05) is 0 Å². The van der Waals surface area contributed by atoms with Crippen LogP contribution in [0.5, 0.6) is 0 Å². The molecule has 3 N–H and O–H groups in total. The van der Waals surface area contributed by atoms with Gasteiger partial charge in [-0.1, -0.05) is 6.92 Å². The third-order valence-corrected chi connectivity index (χ3v) is 2.36. The fourth-order valence-corrected chi connectivity index (χ4v) is 1.16. The summed E-state index contributed by atoms with van der Waals surface area (Å²) in [6.07, 6.45) is 0. The Morgan fingerprint density at radius 1 is 1.31 bits per heavy atom. The van der Waals surface area contributed by atoms with Gasteiger partial charge in [-0.3, -0.25) is 9.59 Å². The Hall–Kier alpha value is -1.68. The number of anilines is 1. The average molecular weight is 220 g/mol. The second-order valence-electron chi connectivity index (χ2n) is 3.76. The Balaban J connectivity index is 2.69. The first-order valence-electron chi connectivity index (χ1n) is 5.16. The van der Waals surface area contributed by atoms with E-state index in [0.717, 1.165) is 0 Å². The number of hydrogen-bond donors (Lipinski definition) is 2. The highest BCUT2D eigenvalue weighted by Crippen LogP contribution is 2.11. The summed E-state index contributed by atoms with van der Waals surface area (Å²) in [5.74, 6) is -0.321. The minimum absolute atomic E-state index is 0.00760. The Labute approximate surface area is 94.8 Å². The topological polar surface area (TPSA) is 72.2 Å². The van der Waals surface area contributed by atoms with Gasteiger partial charge in [0.2, 0.25) is 5.91 Å². The van der Waals surface area contributed by atoms with Gasteiger partial charge in [-0.05, 0) is 31.2 Å². The lowest BCUT2D eigenvalue weighted by molar-refractivity contribution is -0.119. The van der Waals surface area contributed by atoms with Crippen molar-refractivity contribution in [1.29, 1.82) is 0 Å². The summed E-state index contributed by atoms with van der Waals surface area (Å²) in [7, 11) is 0. The molecule has 1 aromatic rings. The minimum atomic E-state index is -0.215. The minimum Gasteiger partial charge on any atom is -0.330 e. The molecule has 16 heavy (non-hydrogen) atoms. The molecule has 1 atom stereocenters. The first-order valence-corrected chi connectivity index (χ1v) is 5.16. The van der Waals surface area contributed by atoms with Gasteiger partial charge in [-0.2, -0.15) is 0 Å². The van der Waals surface area contributed by atoms with Gasteiger partial charge < -0.3 is 11.1 Å². The van der Waals surface area contributed by atoms with Gasteiger partial charge in [-0.25, -0.2) is 0 Å². The molecule has 1 aromatic carbocycles. The number of amides is 1. The maximum atomic E-state index is 11.5. The molecule has 0 saturated carbocycles. The maximum absolute atomic E-state index is 11.5. The van der Waals surface area contributed by atoms with Gasteiger partial charge in [-0.15, -0.1) is 0 Å². The van der Waals surface area contributed by atoms with Gasteiger partial charge in [0.25, 0.3) is 0 Å². The second-order valence-corrected chi connectivity index (χ2v) is 3.76. The molecule has 4 nitrogen and oxygen atoms in total. The summed E-state index contributed by atoms with van der Waals surface area (Å²) in [6, 6.07) is 6.78. The van der Waals surface area contributed by atoms with Crippen LogP contribution in [0.25, 0.3) is 0 Å². The SMILES string of the molecule is CC(=O)c1ccc(NC(=O)C(C)CN)cc1. The molecule has 0 bridgehead atoms. The van der Waals surface area contributed by atoms with Crippen molar-refractivity contribution in [1.82, 2.24) is 0 Å². The number of carbonyl (C=O) groups excluding carboxylic acids is 2. The van der Waals surface area contributed by atoms with Crippen LogP contribution in [0.2, 0.25) is 0 Å². The molecule has 0 spiro atoms. The number of Topliss-reactive ketones (excluding diaryl/α,β-unsaturated/α-hetero) is 1. The van der Waals surface area contributed by atoms with E-state index in [0.29, 0.717) is 17.8 Å². The molecule has 0 fully saturated rings. The molecule has 4 heteroatoms. The highest BCUT2D eigenvalue weighted by molar-refractivity contribution is 5.96. The molecule has 0 aromatic heterocycles. The molecule has 0 aliphatic rings. The van der Waals surface area contributed by atoms with Crippen molar-refractivity contribution in [2.24, 2.45) is 11.7 Å². The number of carbonyl (C=O) groups is 2. The number of benzene rings is 1. The summed E-state index contributed by atoms with van der Waals surface area (Å²) >= 11 is 0. The van der Waals surface area contributed by atoms with Gasteiger partial charge in [0.15, 0.2) is 5.78 Å². The largest absolute Gasteiger partial charge is 0.330 e. The molecular weight excluding hydrogens is 204 g/mol. The normalized spacial score (nSPS) is 11.9. The molecule has 1 unspecified atom stereocenters. The molecule has 0 aliphatic carbocycles. The van der Waals surface area contributed by atoms with Gasteiger partial charge >= 0.3 is 0 Å². The molecule has 1 rings (SSSR count). The van der Waals surface area contributed by atoms with Crippen LogP contribution in [0.15, 0.2) is 24.3 Å². The molecule has 0 heterocycles. The van der Waals surface area contributed by atoms with Crippen LogP contribution in [0.4, 0.5) is 5.69 Å². The Bertz CT molecular complexity index is 385. The van der Waals surface area contributed by atoms with Crippen molar-refractivity contribution in [2.75, 3.05) is 11.9 Å². The molecule has 0 saturated heterocycles. The third kappa shape index (κ3) is 3.17. The highest BCUT2D eigenvalue weighted by atomic mass is 16.2. The number of rotatable bonds is 4. The first kappa shape index (κ1) is 12.4. The monoisotopic (exact) mass is 220 g/mol. The number of nitrogens with two attached hydrogens (primary N) is 1. The summed E-state index contributed by atoms with van der Waals surface area (Å²) in [6.45, 7) is 3.58. The zero-order chi connectivity index (χ0) is 12.1. The third-order valence-electron chi connectivity index (χ3n) is 2.36. The van der Waals surface area contributed by atoms with Gasteiger partial charge in [0.1, 0.15) is 0 Å². The fourth-order valence-electron chi connectivity index (χ4n) is 1.16. The number of hydrogen-bond acceptors (Lipinski definition) is 3. The summed E-state index contributed by atoms with van der Waals surface area (Å²) in [4.78, 5) is 22.5.